The van der Waals surface area contributed by atoms with Gasteiger partial charge in [-0.25, -0.2) is 4.98 Å². The molecule has 0 aromatic carbocycles. The third-order valence-electron chi connectivity index (χ3n) is 2.42. The number of aliphatic hydroxyl groups is 1. The van der Waals surface area contributed by atoms with Crippen molar-refractivity contribution in [2.24, 2.45) is 0 Å². The second-order valence-corrected chi connectivity index (χ2v) is 5.47. The number of thiazole rings is 1. The molecule has 0 bridgehead atoms. The summed E-state index contributed by atoms with van der Waals surface area (Å²) in [6.45, 7) is 5.60. The molecule has 0 aliphatic carbocycles. The molecule has 1 aromatic rings. The third-order valence-corrected chi connectivity index (χ3v) is 3.78. The van der Waals surface area contributed by atoms with Gasteiger partial charge in [0.15, 0.2) is 5.13 Å². The van der Waals surface area contributed by atoms with Crippen LogP contribution < -0.4 is 4.90 Å². The maximum Gasteiger partial charge on any atom is 0.406 e. The molecule has 7 heteroatoms. The van der Waals surface area contributed by atoms with Crippen LogP contribution in [0.1, 0.15) is 37.4 Å². The van der Waals surface area contributed by atoms with E-state index in [1.165, 1.54) is 4.90 Å². The number of nitrogens with zero attached hydrogens (tertiary/aromatic N) is 2. The summed E-state index contributed by atoms with van der Waals surface area (Å²) in [7, 11) is 0. The van der Waals surface area contributed by atoms with Gasteiger partial charge in [-0.15, -0.1) is 0 Å². The fourth-order valence-electron chi connectivity index (χ4n) is 1.57. The van der Waals surface area contributed by atoms with Crippen LogP contribution in [0.4, 0.5) is 18.3 Å². The van der Waals surface area contributed by atoms with Crippen LogP contribution in [0, 0.1) is 6.92 Å². The fraction of sp³-hybridized carbons (Fsp3) is 0.727. The zero-order chi connectivity index (χ0) is 14.1. The van der Waals surface area contributed by atoms with Crippen molar-refractivity contribution >= 4 is 16.5 Å². The van der Waals surface area contributed by atoms with Gasteiger partial charge in [-0.1, -0.05) is 11.3 Å². The van der Waals surface area contributed by atoms with E-state index in [4.69, 9.17) is 0 Å². The molecular formula is C11H17F3N2OS. The summed E-state index contributed by atoms with van der Waals surface area (Å²) in [5, 5.41) is 9.80. The fourth-order valence-corrected chi connectivity index (χ4v) is 2.70. The summed E-state index contributed by atoms with van der Waals surface area (Å²) >= 11 is 1.11. The van der Waals surface area contributed by atoms with Crippen LogP contribution in [0.2, 0.25) is 0 Å². The Labute approximate surface area is 108 Å². The second kappa shape index (κ2) is 5.44. The molecule has 1 heterocycles. The maximum absolute atomic E-state index is 12.5. The molecule has 0 saturated heterocycles. The van der Waals surface area contributed by atoms with Crippen molar-refractivity contribution in [1.29, 1.82) is 0 Å². The molecule has 3 nitrogen and oxygen atoms in total. The number of aryl methyl sites for hydroxylation is 1. The molecule has 0 aliphatic rings. The number of alkyl halides is 3. The number of anilines is 1. The minimum absolute atomic E-state index is 0.302. The lowest BCUT2D eigenvalue weighted by Gasteiger charge is -2.27. The quantitative estimate of drug-likeness (QED) is 0.920. The maximum atomic E-state index is 12.5. The summed E-state index contributed by atoms with van der Waals surface area (Å²) in [5.74, 6) is 0. The van der Waals surface area contributed by atoms with Crippen molar-refractivity contribution < 1.29 is 18.3 Å². The number of hydrogen-bond donors (Lipinski definition) is 1. The normalized spacial score (nSPS) is 14.1. The SMILES string of the molecule is Cc1nc(N(CC(F)(F)F)C(C)C)sc1C(C)O. The molecule has 1 N–H and O–H groups in total. The van der Waals surface area contributed by atoms with E-state index in [2.05, 4.69) is 4.98 Å². The topological polar surface area (TPSA) is 36.4 Å². The summed E-state index contributed by atoms with van der Waals surface area (Å²) in [6, 6.07) is -0.306. The van der Waals surface area contributed by atoms with E-state index in [0.717, 1.165) is 11.3 Å². The van der Waals surface area contributed by atoms with Crippen LogP contribution in [0.15, 0.2) is 0 Å². The van der Waals surface area contributed by atoms with Gasteiger partial charge < -0.3 is 10.0 Å². The zero-order valence-electron chi connectivity index (χ0n) is 10.7. The van der Waals surface area contributed by atoms with Crippen LogP contribution in [-0.2, 0) is 0 Å². The highest BCUT2D eigenvalue weighted by Gasteiger charge is 2.33. The number of rotatable bonds is 4. The van der Waals surface area contributed by atoms with E-state index >= 15 is 0 Å². The molecule has 0 saturated carbocycles. The van der Waals surface area contributed by atoms with Crippen molar-refractivity contribution in [2.75, 3.05) is 11.4 Å². The van der Waals surface area contributed by atoms with E-state index in [1.807, 2.05) is 0 Å². The predicted octanol–water partition coefficient (Wildman–Crippen LogP) is 3.28. The number of halogens is 3. The van der Waals surface area contributed by atoms with Gasteiger partial charge in [0.1, 0.15) is 6.54 Å². The van der Waals surface area contributed by atoms with E-state index < -0.39 is 18.8 Å². The van der Waals surface area contributed by atoms with Gasteiger partial charge in [-0.05, 0) is 27.7 Å². The Bertz CT molecular complexity index is 401. The van der Waals surface area contributed by atoms with Gasteiger partial charge in [0.25, 0.3) is 0 Å². The van der Waals surface area contributed by atoms with E-state index in [1.54, 1.807) is 27.7 Å². The first-order valence-electron chi connectivity index (χ1n) is 5.60. The van der Waals surface area contributed by atoms with Gasteiger partial charge in [0.05, 0.1) is 16.7 Å². The van der Waals surface area contributed by atoms with Crippen LogP contribution in [0.5, 0.6) is 0 Å². The lowest BCUT2D eigenvalue weighted by atomic mass is 10.3. The van der Waals surface area contributed by atoms with Crippen molar-refractivity contribution in [3.8, 4) is 0 Å². The van der Waals surface area contributed by atoms with Gasteiger partial charge in [0, 0.05) is 6.04 Å². The summed E-state index contributed by atoms with van der Waals surface area (Å²) < 4.78 is 37.5. The second-order valence-electron chi connectivity index (χ2n) is 4.46. The van der Waals surface area contributed by atoms with Crippen LogP contribution in [0.3, 0.4) is 0 Å². The Morgan fingerprint density at radius 2 is 1.89 bits per heavy atom. The van der Waals surface area contributed by atoms with Gasteiger partial charge in [0.2, 0.25) is 0 Å². The molecule has 0 radical (unpaired) electrons. The van der Waals surface area contributed by atoms with Crippen LogP contribution in [-0.4, -0.2) is 28.9 Å². The Hall–Kier alpha value is -0.820. The molecule has 1 unspecified atom stereocenters. The van der Waals surface area contributed by atoms with Crippen molar-refractivity contribution in [1.82, 2.24) is 4.98 Å². The molecule has 104 valence electrons. The predicted molar refractivity (Wildman–Crippen MR) is 66.0 cm³/mol. The van der Waals surface area contributed by atoms with Crippen LogP contribution in [0.25, 0.3) is 0 Å². The third kappa shape index (κ3) is 3.84. The van der Waals surface area contributed by atoms with Crippen LogP contribution >= 0.6 is 11.3 Å². The minimum atomic E-state index is -4.27. The minimum Gasteiger partial charge on any atom is -0.388 e. The van der Waals surface area contributed by atoms with Gasteiger partial charge in [-0.3, -0.25) is 0 Å². The molecule has 0 fully saturated rings. The largest absolute Gasteiger partial charge is 0.406 e. The van der Waals surface area contributed by atoms with Crippen molar-refractivity contribution in [2.45, 2.75) is 46.0 Å². The lowest BCUT2D eigenvalue weighted by Crippen LogP contribution is -2.39. The average molecular weight is 282 g/mol. The first-order chi connectivity index (χ1) is 8.11. The monoisotopic (exact) mass is 282 g/mol. The summed E-state index contributed by atoms with van der Waals surface area (Å²) in [4.78, 5) is 5.93. The summed E-state index contributed by atoms with van der Waals surface area (Å²) in [6.07, 6.45) is -4.98. The highest BCUT2D eigenvalue weighted by Crippen LogP contribution is 2.33. The van der Waals surface area contributed by atoms with E-state index in [-0.39, 0.29) is 6.04 Å². The summed E-state index contributed by atoms with van der Waals surface area (Å²) in [5.41, 5.74) is 0.581. The highest BCUT2D eigenvalue weighted by atomic mass is 32.1. The molecule has 18 heavy (non-hydrogen) atoms. The highest BCUT2D eigenvalue weighted by molar-refractivity contribution is 7.15. The van der Waals surface area contributed by atoms with E-state index in [9.17, 15) is 18.3 Å². The Morgan fingerprint density at radius 1 is 1.33 bits per heavy atom. The molecule has 0 spiro atoms. The van der Waals surface area contributed by atoms with Crippen molar-refractivity contribution in [3.05, 3.63) is 10.6 Å². The number of aromatic nitrogens is 1. The Kier molecular flexibility index (Phi) is 4.61. The number of hydrogen-bond acceptors (Lipinski definition) is 4. The van der Waals surface area contributed by atoms with E-state index in [0.29, 0.717) is 15.7 Å². The van der Waals surface area contributed by atoms with Gasteiger partial charge in [-0.2, -0.15) is 13.2 Å². The molecule has 0 aliphatic heterocycles. The molecular weight excluding hydrogens is 265 g/mol. The standard InChI is InChI=1S/C11H17F3N2OS/c1-6(2)16(5-11(12,13)14)10-15-7(3)9(18-10)8(4)17/h6,8,17H,5H2,1-4H3. The van der Waals surface area contributed by atoms with Gasteiger partial charge >= 0.3 is 6.18 Å². The molecule has 1 aromatic heterocycles. The first-order valence-corrected chi connectivity index (χ1v) is 6.42. The number of aliphatic hydroxyl groups excluding tert-OH is 1. The zero-order valence-corrected chi connectivity index (χ0v) is 11.6. The molecule has 1 rings (SSSR count). The van der Waals surface area contributed by atoms with Crippen molar-refractivity contribution in [3.63, 3.8) is 0 Å². The Balaban J connectivity index is 3.03. The Morgan fingerprint density at radius 3 is 2.22 bits per heavy atom. The average Bonchev–Trinajstić information content (AvgIpc) is 2.54. The first kappa shape index (κ1) is 15.2. The smallest absolute Gasteiger partial charge is 0.388 e. The molecule has 0 amide bonds. The molecule has 1 atom stereocenters. The lowest BCUT2D eigenvalue weighted by molar-refractivity contribution is -0.120.